The molecule has 1 aromatic carbocycles. The average Bonchev–Trinajstić information content (AvgIpc) is 3.06. The molecule has 5 nitrogen and oxygen atoms in total. The van der Waals surface area contributed by atoms with Gasteiger partial charge >= 0.3 is 6.18 Å². The van der Waals surface area contributed by atoms with Gasteiger partial charge in [0.05, 0.1) is 11.1 Å². The summed E-state index contributed by atoms with van der Waals surface area (Å²) in [7, 11) is 1.75. The van der Waals surface area contributed by atoms with Crippen molar-refractivity contribution in [2.24, 2.45) is 0 Å². The van der Waals surface area contributed by atoms with Crippen LogP contribution in [0.15, 0.2) is 36.7 Å². The largest absolute Gasteiger partial charge is 0.416 e. The fourth-order valence-electron chi connectivity index (χ4n) is 3.25. The van der Waals surface area contributed by atoms with Gasteiger partial charge in [-0.3, -0.25) is 4.79 Å². The van der Waals surface area contributed by atoms with Crippen LogP contribution < -0.4 is 5.32 Å². The Hall–Kier alpha value is -3.03. The van der Waals surface area contributed by atoms with Crippen LogP contribution >= 0.6 is 0 Å². The fourth-order valence-corrected chi connectivity index (χ4v) is 3.25. The molecule has 0 unspecified atom stereocenters. The first-order chi connectivity index (χ1) is 13.6. The highest BCUT2D eigenvalue weighted by Gasteiger charge is 2.31. The second-order valence-electron chi connectivity index (χ2n) is 7.05. The van der Waals surface area contributed by atoms with Crippen LogP contribution in [0.2, 0.25) is 0 Å². The molecule has 2 aromatic heterocycles. The highest BCUT2D eigenvalue weighted by molar-refractivity contribution is 5.93. The van der Waals surface area contributed by atoms with Gasteiger partial charge < -0.3 is 14.8 Å². The second kappa shape index (κ2) is 7.77. The van der Waals surface area contributed by atoms with Gasteiger partial charge in [0.2, 0.25) is 5.91 Å². The normalized spacial score (nSPS) is 11.7. The number of halogens is 3. The summed E-state index contributed by atoms with van der Waals surface area (Å²) in [5.74, 6) is 0.522. The Kier molecular flexibility index (Phi) is 5.55. The molecule has 154 valence electrons. The third-order valence-electron chi connectivity index (χ3n) is 5.01. The Morgan fingerprint density at radius 1 is 1.21 bits per heavy atom. The topological polar surface area (TPSA) is 50.2 Å². The zero-order valence-corrected chi connectivity index (χ0v) is 16.8. The molecule has 0 spiro atoms. The predicted octanol–water partition coefficient (Wildman–Crippen LogP) is 4.89. The summed E-state index contributed by atoms with van der Waals surface area (Å²) in [5.41, 5.74) is 1.70. The number of amides is 1. The van der Waals surface area contributed by atoms with E-state index in [4.69, 9.17) is 0 Å². The Morgan fingerprint density at radius 3 is 2.45 bits per heavy atom. The monoisotopic (exact) mass is 404 g/mol. The van der Waals surface area contributed by atoms with E-state index in [9.17, 15) is 18.0 Å². The number of alkyl halides is 3. The highest BCUT2D eigenvalue weighted by atomic mass is 19.4. The van der Waals surface area contributed by atoms with Gasteiger partial charge in [-0.25, -0.2) is 4.98 Å². The maximum atomic E-state index is 13.0. The van der Waals surface area contributed by atoms with Gasteiger partial charge in [0.1, 0.15) is 12.4 Å². The first-order valence-corrected chi connectivity index (χ1v) is 9.25. The smallest absolute Gasteiger partial charge is 0.344 e. The summed E-state index contributed by atoms with van der Waals surface area (Å²) in [5, 5.41) is 3.97. The number of fused-ring (bicyclic) bond motifs is 1. The molecule has 3 aromatic rings. The molecule has 29 heavy (non-hydrogen) atoms. The van der Waals surface area contributed by atoms with Crippen molar-refractivity contribution >= 4 is 28.3 Å². The van der Waals surface area contributed by atoms with Crippen molar-refractivity contribution in [2.75, 3.05) is 18.9 Å². The third-order valence-corrected chi connectivity index (χ3v) is 5.01. The van der Waals surface area contributed by atoms with E-state index in [0.29, 0.717) is 29.2 Å². The number of rotatable bonds is 5. The van der Waals surface area contributed by atoms with Crippen LogP contribution in [-0.4, -0.2) is 34.0 Å². The number of hydrogen-bond acceptors (Lipinski definition) is 3. The molecular formula is C21H23F3N4O. The lowest BCUT2D eigenvalue weighted by Gasteiger charge is -2.17. The first kappa shape index (κ1) is 20.7. The van der Waals surface area contributed by atoms with Crippen molar-refractivity contribution in [1.29, 1.82) is 0 Å². The summed E-state index contributed by atoms with van der Waals surface area (Å²) < 4.78 is 40.9. The van der Waals surface area contributed by atoms with Crippen LogP contribution in [0.4, 0.5) is 24.7 Å². The number of aromatic nitrogens is 2. The van der Waals surface area contributed by atoms with Gasteiger partial charge in [0.15, 0.2) is 0 Å². The first-order valence-electron chi connectivity index (χ1n) is 9.25. The van der Waals surface area contributed by atoms with E-state index in [-0.39, 0.29) is 12.5 Å². The van der Waals surface area contributed by atoms with E-state index in [1.165, 1.54) is 0 Å². The Bertz CT molecular complexity index is 1030. The van der Waals surface area contributed by atoms with Crippen molar-refractivity contribution < 1.29 is 18.0 Å². The maximum Gasteiger partial charge on any atom is 0.416 e. The Morgan fingerprint density at radius 2 is 1.86 bits per heavy atom. The summed E-state index contributed by atoms with van der Waals surface area (Å²) in [4.78, 5) is 18.2. The molecule has 1 amide bonds. The van der Waals surface area contributed by atoms with Crippen LogP contribution in [0.5, 0.6) is 0 Å². The van der Waals surface area contributed by atoms with Crippen molar-refractivity contribution in [1.82, 2.24) is 14.5 Å². The van der Waals surface area contributed by atoms with Gasteiger partial charge in [-0.05, 0) is 56.2 Å². The molecule has 0 bridgehead atoms. The highest BCUT2D eigenvalue weighted by Crippen LogP contribution is 2.35. The summed E-state index contributed by atoms with van der Waals surface area (Å²) in [6, 6.07) is 5.91. The van der Waals surface area contributed by atoms with Crippen molar-refractivity contribution in [2.45, 2.75) is 33.5 Å². The van der Waals surface area contributed by atoms with E-state index >= 15 is 0 Å². The molecule has 0 aliphatic carbocycles. The van der Waals surface area contributed by atoms with Crippen molar-refractivity contribution in [3.8, 4) is 0 Å². The molecule has 8 heteroatoms. The third kappa shape index (κ3) is 4.21. The maximum absolute atomic E-state index is 13.0. The van der Waals surface area contributed by atoms with Crippen LogP contribution in [-0.2, 0) is 17.5 Å². The SMILES string of the molecule is CCN(C)C(=O)Cn1ccc2c(Nc3c(C)cc(C(F)(F)F)cc3C)nccc21. The van der Waals surface area contributed by atoms with E-state index in [1.807, 2.05) is 29.8 Å². The predicted molar refractivity (Wildman–Crippen MR) is 107 cm³/mol. The number of anilines is 2. The van der Waals surface area contributed by atoms with Crippen LogP contribution in [0.25, 0.3) is 10.9 Å². The number of pyridine rings is 1. The van der Waals surface area contributed by atoms with Gasteiger partial charge in [0, 0.05) is 37.1 Å². The number of nitrogens with one attached hydrogen (secondary N) is 1. The Labute approximate surface area is 167 Å². The summed E-state index contributed by atoms with van der Waals surface area (Å²) in [6.45, 7) is 6.01. The molecule has 0 aliphatic heterocycles. The minimum Gasteiger partial charge on any atom is -0.344 e. The van der Waals surface area contributed by atoms with Gasteiger partial charge in [-0.15, -0.1) is 0 Å². The number of aryl methyl sites for hydroxylation is 2. The molecule has 0 fully saturated rings. The average molecular weight is 404 g/mol. The Balaban J connectivity index is 1.95. The molecule has 2 heterocycles. The molecule has 0 atom stereocenters. The zero-order chi connectivity index (χ0) is 21.3. The van der Waals surface area contributed by atoms with Gasteiger partial charge in [-0.1, -0.05) is 0 Å². The number of likely N-dealkylation sites (N-methyl/N-ethyl adjacent to an activating group) is 1. The lowest BCUT2D eigenvalue weighted by atomic mass is 10.0. The summed E-state index contributed by atoms with van der Waals surface area (Å²) >= 11 is 0. The number of nitrogens with zero attached hydrogens (tertiary/aromatic N) is 3. The molecule has 0 saturated heterocycles. The molecule has 0 saturated carbocycles. The van der Waals surface area contributed by atoms with E-state index in [0.717, 1.165) is 23.0 Å². The molecule has 1 N–H and O–H groups in total. The van der Waals surface area contributed by atoms with Crippen molar-refractivity contribution in [3.05, 3.63) is 53.3 Å². The molecule has 3 rings (SSSR count). The van der Waals surface area contributed by atoms with Crippen LogP contribution in [0.1, 0.15) is 23.6 Å². The van der Waals surface area contributed by atoms with E-state index in [2.05, 4.69) is 10.3 Å². The molecule has 0 radical (unpaired) electrons. The molecular weight excluding hydrogens is 381 g/mol. The van der Waals surface area contributed by atoms with Crippen molar-refractivity contribution in [3.63, 3.8) is 0 Å². The summed E-state index contributed by atoms with van der Waals surface area (Å²) in [6.07, 6.45) is -0.961. The van der Waals surface area contributed by atoms with Crippen LogP contribution in [0, 0.1) is 13.8 Å². The lowest BCUT2D eigenvalue weighted by molar-refractivity contribution is -0.137. The molecule has 0 aliphatic rings. The second-order valence-corrected chi connectivity index (χ2v) is 7.05. The van der Waals surface area contributed by atoms with E-state index < -0.39 is 11.7 Å². The quantitative estimate of drug-likeness (QED) is 0.659. The zero-order valence-electron chi connectivity index (χ0n) is 16.8. The number of hydrogen-bond donors (Lipinski definition) is 1. The number of benzene rings is 1. The van der Waals surface area contributed by atoms with Gasteiger partial charge in [-0.2, -0.15) is 13.2 Å². The number of carbonyl (C=O) groups is 1. The lowest BCUT2D eigenvalue weighted by Crippen LogP contribution is -2.29. The fraction of sp³-hybridized carbons (Fsp3) is 0.333. The van der Waals surface area contributed by atoms with E-state index in [1.54, 1.807) is 32.0 Å². The number of carbonyl (C=O) groups excluding carboxylic acids is 1. The van der Waals surface area contributed by atoms with Crippen LogP contribution in [0.3, 0.4) is 0 Å². The minimum atomic E-state index is -4.39. The van der Waals surface area contributed by atoms with Gasteiger partial charge in [0.25, 0.3) is 0 Å². The minimum absolute atomic E-state index is 0.00857. The standard InChI is InChI=1S/C21H23F3N4O/c1-5-27(4)18(29)12-28-9-7-16-17(28)6-8-25-20(16)26-19-13(2)10-15(11-14(19)3)21(22,23)24/h6-11H,5,12H2,1-4H3,(H,25,26).